The summed E-state index contributed by atoms with van der Waals surface area (Å²) in [7, 11) is 0. The quantitative estimate of drug-likeness (QED) is 0.728. The molecule has 9 heteroatoms. The van der Waals surface area contributed by atoms with Crippen LogP contribution in [0, 0.1) is 11.7 Å². The van der Waals surface area contributed by atoms with Crippen molar-refractivity contribution in [2.75, 3.05) is 18.4 Å². The van der Waals surface area contributed by atoms with Crippen molar-refractivity contribution in [3.8, 4) is 11.5 Å². The van der Waals surface area contributed by atoms with Crippen LogP contribution in [0.4, 0.5) is 10.1 Å². The van der Waals surface area contributed by atoms with Gasteiger partial charge in [0.1, 0.15) is 5.82 Å². The summed E-state index contributed by atoms with van der Waals surface area (Å²) >= 11 is 6.13. The van der Waals surface area contributed by atoms with Gasteiger partial charge in [0, 0.05) is 11.6 Å². The Labute approximate surface area is 155 Å². The molecule has 6 nitrogen and oxygen atoms in total. The first kappa shape index (κ1) is 19.8. The monoisotopic (exact) mass is 390 g/mol. The molecule has 25 heavy (non-hydrogen) atoms. The van der Waals surface area contributed by atoms with E-state index >= 15 is 0 Å². The van der Waals surface area contributed by atoms with Crippen molar-refractivity contribution in [1.29, 1.82) is 0 Å². The molecule has 138 valence electrons. The second-order valence-electron chi connectivity index (χ2n) is 5.98. The molecule has 0 saturated carbocycles. The Balaban J connectivity index is 0.00000225. The fourth-order valence-corrected chi connectivity index (χ4v) is 3.33. The molecule has 3 rings (SSSR count). The lowest BCUT2D eigenvalue weighted by Gasteiger charge is -2.31. The van der Waals surface area contributed by atoms with Gasteiger partial charge in [-0.3, -0.25) is 0 Å². The van der Waals surface area contributed by atoms with Gasteiger partial charge in [-0.05, 0) is 50.4 Å². The normalized spacial score (nSPS) is 16.3. The van der Waals surface area contributed by atoms with Gasteiger partial charge < -0.3 is 15.1 Å². The lowest BCUT2D eigenvalue weighted by Crippen LogP contribution is -2.37. The van der Waals surface area contributed by atoms with Crippen LogP contribution in [0.3, 0.4) is 0 Å². The average molecular weight is 391 g/mol. The first-order chi connectivity index (χ1) is 11.6. The maximum absolute atomic E-state index is 14.2. The van der Waals surface area contributed by atoms with E-state index in [1.54, 1.807) is 6.07 Å². The minimum absolute atomic E-state index is 0. The molecule has 1 atom stereocenters. The van der Waals surface area contributed by atoms with Crippen LogP contribution < -0.4 is 16.4 Å². The SMILES string of the molecule is CC[C@H](Nc1cc(-c2n[nH]c(=O)o2)cc(F)c1Cl)C1CCNCC1.Cl. The molecule has 1 aromatic heterocycles. The zero-order chi connectivity index (χ0) is 17.1. The van der Waals surface area contributed by atoms with E-state index in [1.807, 2.05) is 0 Å². The van der Waals surface area contributed by atoms with Gasteiger partial charge in [0.25, 0.3) is 0 Å². The third-order valence-corrected chi connectivity index (χ3v) is 4.83. The molecule has 2 heterocycles. The lowest BCUT2D eigenvalue weighted by molar-refractivity contribution is 0.326. The van der Waals surface area contributed by atoms with Crippen LogP contribution in [0.25, 0.3) is 11.5 Å². The largest absolute Gasteiger partial charge is 0.434 e. The Morgan fingerprint density at radius 2 is 2.16 bits per heavy atom. The number of benzene rings is 1. The van der Waals surface area contributed by atoms with E-state index in [9.17, 15) is 9.18 Å². The van der Waals surface area contributed by atoms with E-state index in [1.165, 1.54) is 6.07 Å². The van der Waals surface area contributed by atoms with Crippen LogP contribution in [0.5, 0.6) is 0 Å². The molecule has 1 aromatic carbocycles. The number of halogens is 3. The Morgan fingerprint density at radius 3 is 2.76 bits per heavy atom. The summed E-state index contributed by atoms with van der Waals surface area (Å²) in [5, 5.41) is 12.6. The molecule has 0 spiro atoms. The molecule has 0 bridgehead atoms. The molecule has 1 fully saturated rings. The number of hydrogen-bond acceptors (Lipinski definition) is 5. The molecule has 0 amide bonds. The fourth-order valence-electron chi connectivity index (χ4n) is 3.17. The van der Waals surface area contributed by atoms with E-state index in [4.69, 9.17) is 16.0 Å². The molecule has 0 aliphatic carbocycles. The highest BCUT2D eigenvalue weighted by Gasteiger charge is 2.24. The highest BCUT2D eigenvalue weighted by Crippen LogP contribution is 2.33. The second kappa shape index (κ2) is 8.69. The smallest absolute Gasteiger partial charge is 0.388 e. The van der Waals surface area contributed by atoms with Crippen molar-refractivity contribution in [2.24, 2.45) is 5.92 Å². The minimum atomic E-state index is -0.684. The number of nitrogens with one attached hydrogen (secondary N) is 3. The Hall–Kier alpha value is -1.57. The zero-order valence-electron chi connectivity index (χ0n) is 13.8. The topological polar surface area (TPSA) is 83.0 Å². The summed E-state index contributed by atoms with van der Waals surface area (Å²) in [5.74, 6) is -0.727. The van der Waals surface area contributed by atoms with Gasteiger partial charge in [0.15, 0.2) is 0 Å². The van der Waals surface area contributed by atoms with E-state index in [0.29, 0.717) is 17.2 Å². The van der Waals surface area contributed by atoms with Crippen LogP contribution in [0.2, 0.25) is 5.02 Å². The van der Waals surface area contributed by atoms with Gasteiger partial charge in [-0.2, -0.15) is 0 Å². The van der Waals surface area contributed by atoms with E-state index in [2.05, 4.69) is 27.8 Å². The van der Waals surface area contributed by atoms with Crippen LogP contribution in [-0.2, 0) is 0 Å². The Bertz CT molecular complexity index is 759. The van der Waals surface area contributed by atoms with Crippen LogP contribution >= 0.6 is 24.0 Å². The van der Waals surface area contributed by atoms with Crippen molar-refractivity contribution in [3.63, 3.8) is 0 Å². The van der Waals surface area contributed by atoms with Crippen molar-refractivity contribution < 1.29 is 8.81 Å². The van der Waals surface area contributed by atoms with Gasteiger partial charge in [0.2, 0.25) is 5.89 Å². The number of nitrogens with zero attached hydrogens (tertiary/aromatic N) is 1. The predicted octanol–water partition coefficient (Wildman–Crippen LogP) is 3.43. The highest BCUT2D eigenvalue weighted by atomic mass is 35.5. The van der Waals surface area contributed by atoms with Crippen molar-refractivity contribution in [2.45, 2.75) is 32.2 Å². The van der Waals surface area contributed by atoms with Gasteiger partial charge in [-0.25, -0.2) is 14.3 Å². The van der Waals surface area contributed by atoms with Crippen LogP contribution in [0.15, 0.2) is 21.3 Å². The summed E-state index contributed by atoms with van der Waals surface area (Å²) in [5.41, 5.74) is 0.848. The average Bonchev–Trinajstić information content (AvgIpc) is 3.03. The van der Waals surface area contributed by atoms with E-state index in [-0.39, 0.29) is 29.4 Å². The zero-order valence-corrected chi connectivity index (χ0v) is 15.3. The predicted molar refractivity (Wildman–Crippen MR) is 98.1 cm³/mol. The summed E-state index contributed by atoms with van der Waals surface area (Å²) in [6.45, 7) is 4.08. The third kappa shape index (κ3) is 4.54. The number of piperidine rings is 1. The first-order valence-corrected chi connectivity index (χ1v) is 8.48. The maximum atomic E-state index is 14.2. The Morgan fingerprint density at radius 1 is 1.44 bits per heavy atom. The van der Waals surface area contributed by atoms with E-state index < -0.39 is 11.6 Å². The minimum Gasteiger partial charge on any atom is -0.388 e. The fraction of sp³-hybridized carbons (Fsp3) is 0.500. The number of anilines is 1. The lowest BCUT2D eigenvalue weighted by atomic mass is 9.88. The molecular weight excluding hydrogens is 370 g/mol. The summed E-state index contributed by atoms with van der Waals surface area (Å²) in [6, 6.07) is 3.07. The van der Waals surface area contributed by atoms with Crippen LogP contribution in [0.1, 0.15) is 26.2 Å². The molecular formula is C16H21Cl2FN4O2. The maximum Gasteiger partial charge on any atom is 0.434 e. The standard InChI is InChI=1S/C16H20ClFN4O2.ClH/c1-2-12(9-3-5-19-6-4-9)20-13-8-10(7-11(18)14(13)17)15-21-22-16(23)24-15;/h7-9,12,19-20H,2-6H2,1H3,(H,22,23);1H/t12-;/m0./s1. The number of aromatic nitrogens is 2. The van der Waals surface area contributed by atoms with Gasteiger partial charge in [0.05, 0.1) is 10.7 Å². The molecule has 1 aliphatic rings. The summed E-state index contributed by atoms with van der Waals surface area (Å²) in [6.07, 6.45) is 3.05. The molecule has 0 unspecified atom stereocenters. The highest BCUT2D eigenvalue weighted by molar-refractivity contribution is 6.33. The summed E-state index contributed by atoms with van der Waals surface area (Å²) < 4.78 is 19.1. The molecule has 1 saturated heterocycles. The van der Waals surface area contributed by atoms with Crippen molar-refractivity contribution >= 4 is 29.7 Å². The van der Waals surface area contributed by atoms with Gasteiger partial charge in [-0.1, -0.05) is 18.5 Å². The molecule has 0 radical (unpaired) electrons. The number of hydrogen-bond donors (Lipinski definition) is 3. The van der Waals surface area contributed by atoms with Gasteiger partial charge >= 0.3 is 5.76 Å². The first-order valence-electron chi connectivity index (χ1n) is 8.10. The number of aromatic amines is 1. The number of H-pyrrole nitrogens is 1. The van der Waals surface area contributed by atoms with Gasteiger partial charge in [-0.15, -0.1) is 17.5 Å². The molecule has 1 aliphatic heterocycles. The Kier molecular flexibility index (Phi) is 6.87. The van der Waals surface area contributed by atoms with Crippen molar-refractivity contribution in [3.05, 3.63) is 33.5 Å². The van der Waals surface area contributed by atoms with E-state index in [0.717, 1.165) is 32.4 Å². The van der Waals surface area contributed by atoms with Crippen molar-refractivity contribution in [1.82, 2.24) is 15.5 Å². The summed E-state index contributed by atoms with van der Waals surface area (Å²) in [4.78, 5) is 11.1. The molecule has 3 N–H and O–H groups in total. The molecule has 2 aromatic rings. The second-order valence-corrected chi connectivity index (χ2v) is 6.36. The number of rotatable bonds is 5. The third-order valence-electron chi connectivity index (χ3n) is 4.45. The van der Waals surface area contributed by atoms with Crippen LogP contribution in [-0.4, -0.2) is 29.3 Å².